The zero-order valence-corrected chi connectivity index (χ0v) is 19.2. The molecule has 4 aliphatic rings. The molecular weight excluding hydrogens is 394 g/mol. The first-order valence-corrected chi connectivity index (χ1v) is 11.5. The summed E-state index contributed by atoms with van der Waals surface area (Å²) in [5.41, 5.74) is -1.59. The summed E-state index contributed by atoms with van der Waals surface area (Å²) in [6.45, 7) is 7.34. The maximum Gasteiger partial charge on any atom is 0.245 e. The number of carbonyl (C=O) groups is 3. The number of hydrogen-bond donors (Lipinski definition) is 2. The van der Waals surface area contributed by atoms with E-state index in [4.69, 9.17) is 0 Å². The molecule has 4 rings (SSSR count). The number of likely N-dealkylation sites (tertiary alicyclic amines) is 1. The van der Waals surface area contributed by atoms with E-state index in [9.17, 15) is 24.6 Å². The Kier molecular flexibility index (Phi) is 5.33. The van der Waals surface area contributed by atoms with Gasteiger partial charge in [-0.2, -0.15) is 0 Å². The van der Waals surface area contributed by atoms with E-state index in [1.54, 1.807) is 19.1 Å². The van der Waals surface area contributed by atoms with Crippen LogP contribution >= 0.6 is 0 Å². The fourth-order valence-corrected chi connectivity index (χ4v) is 7.51. The second kappa shape index (κ2) is 7.38. The number of aliphatic hydroxyl groups is 2. The number of fused-ring (bicyclic) bond motifs is 3. The van der Waals surface area contributed by atoms with Gasteiger partial charge in [-0.05, 0) is 44.4 Å². The lowest BCUT2D eigenvalue weighted by atomic mass is 9.53. The Bertz CT molecular complexity index is 875. The van der Waals surface area contributed by atoms with Crippen molar-refractivity contribution in [3.63, 3.8) is 0 Å². The summed E-state index contributed by atoms with van der Waals surface area (Å²) in [5.74, 6) is -1.27. The average molecular weight is 430 g/mol. The van der Waals surface area contributed by atoms with E-state index in [1.807, 2.05) is 13.8 Å². The number of ketones is 2. The first kappa shape index (κ1) is 22.4. The molecule has 0 aromatic heterocycles. The molecule has 0 radical (unpaired) electrons. The third-order valence-electron chi connectivity index (χ3n) is 8.84. The van der Waals surface area contributed by atoms with Crippen molar-refractivity contribution >= 4 is 17.5 Å². The molecule has 1 aliphatic heterocycles. The maximum absolute atomic E-state index is 14.4. The molecule has 0 bridgehead atoms. The summed E-state index contributed by atoms with van der Waals surface area (Å²) in [4.78, 5) is 43.0. The zero-order valence-electron chi connectivity index (χ0n) is 19.2. The van der Waals surface area contributed by atoms with Crippen molar-refractivity contribution < 1.29 is 24.6 Å². The van der Waals surface area contributed by atoms with Crippen LogP contribution in [0.4, 0.5) is 0 Å². The van der Waals surface area contributed by atoms with Gasteiger partial charge in [0.25, 0.3) is 0 Å². The standard InChI is InChI=1S/C25H35NO5/c1-13-6-8-17-16(10-13)11-14(2)20-18(9-7-15(3)28)25(22(30)24(17,20)4)21(29)19(12-27)26(5)23(25)31/h7,9,11,13,15-20,27-28H,6,8,10,12H2,1-5H3/b9-7+/t13-,15+,16+,17-,18+,19-,20+,24+,25+/m0/s1. The van der Waals surface area contributed by atoms with Crippen molar-refractivity contribution in [2.45, 2.75) is 59.1 Å². The highest BCUT2D eigenvalue weighted by atomic mass is 16.3. The van der Waals surface area contributed by atoms with Gasteiger partial charge in [-0.25, -0.2) is 0 Å². The van der Waals surface area contributed by atoms with Gasteiger partial charge in [0.2, 0.25) is 5.91 Å². The smallest absolute Gasteiger partial charge is 0.245 e. The van der Waals surface area contributed by atoms with Crippen LogP contribution in [0.15, 0.2) is 23.8 Å². The highest BCUT2D eigenvalue weighted by Gasteiger charge is 2.78. The fourth-order valence-electron chi connectivity index (χ4n) is 7.51. The third-order valence-corrected chi connectivity index (χ3v) is 8.84. The van der Waals surface area contributed by atoms with E-state index in [-0.39, 0.29) is 23.5 Å². The molecule has 3 aliphatic carbocycles. The summed E-state index contributed by atoms with van der Waals surface area (Å²) < 4.78 is 0. The molecule has 170 valence electrons. The number of likely N-dealkylation sites (N-methyl/N-ethyl adjacent to an activating group) is 1. The molecule has 0 unspecified atom stereocenters. The maximum atomic E-state index is 14.4. The van der Waals surface area contributed by atoms with E-state index in [0.29, 0.717) is 5.92 Å². The topological polar surface area (TPSA) is 94.9 Å². The van der Waals surface area contributed by atoms with Crippen LogP contribution in [-0.2, 0) is 14.4 Å². The molecule has 1 spiro atoms. The predicted molar refractivity (Wildman–Crippen MR) is 116 cm³/mol. The van der Waals surface area contributed by atoms with E-state index in [0.717, 1.165) is 24.8 Å². The van der Waals surface area contributed by atoms with Crippen LogP contribution in [0.2, 0.25) is 0 Å². The van der Waals surface area contributed by atoms with Gasteiger partial charge in [-0.15, -0.1) is 0 Å². The molecule has 3 fully saturated rings. The minimum Gasteiger partial charge on any atom is -0.394 e. The lowest BCUT2D eigenvalue weighted by Crippen LogP contribution is -2.50. The van der Waals surface area contributed by atoms with Gasteiger partial charge in [0.15, 0.2) is 17.0 Å². The Hall–Kier alpha value is -1.79. The minimum atomic E-state index is -1.82. The molecule has 1 saturated heterocycles. The Morgan fingerprint density at radius 1 is 1.29 bits per heavy atom. The van der Waals surface area contributed by atoms with Crippen molar-refractivity contribution in [1.82, 2.24) is 4.90 Å². The van der Waals surface area contributed by atoms with Gasteiger partial charge in [0.05, 0.1) is 12.7 Å². The summed E-state index contributed by atoms with van der Waals surface area (Å²) in [6.07, 6.45) is 7.78. The summed E-state index contributed by atoms with van der Waals surface area (Å²) in [6, 6.07) is -1.01. The van der Waals surface area contributed by atoms with Gasteiger partial charge < -0.3 is 15.1 Å². The first-order chi connectivity index (χ1) is 14.5. The normalized spacial score (nSPS) is 46.0. The van der Waals surface area contributed by atoms with Gasteiger partial charge in [0, 0.05) is 24.3 Å². The molecule has 6 heteroatoms. The van der Waals surface area contributed by atoms with Crippen LogP contribution in [0.5, 0.6) is 0 Å². The van der Waals surface area contributed by atoms with Crippen LogP contribution in [0.3, 0.4) is 0 Å². The first-order valence-electron chi connectivity index (χ1n) is 11.5. The molecule has 0 aromatic carbocycles. The molecule has 9 atom stereocenters. The number of rotatable bonds is 3. The Morgan fingerprint density at radius 3 is 2.55 bits per heavy atom. The molecule has 1 heterocycles. The molecule has 0 aromatic rings. The third kappa shape index (κ3) is 2.73. The van der Waals surface area contributed by atoms with Crippen molar-refractivity contribution in [2.75, 3.05) is 13.7 Å². The van der Waals surface area contributed by atoms with E-state index in [1.165, 1.54) is 11.9 Å². The SMILES string of the molecule is CC1=C[C@H]2C[C@@H](C)CC[C@@H]2[C@@]2(C)C(=O)[C@]3(C(=O)[C@H](CO)N(C)C3=O)[C@H](/C=C/[C@@H](C)O)[C@@H]12. The molecule has 2 N–H and O–H groups in total. The monoisotopic (exact) mass is 429 g/mol. The predicted octanol–water partition coefficient (Wildman–Crippen LogP) is 2.15. The highest BCUT2D eigenvalue weighted by molar-refractivity contribution is 6.31. The second-order valence-electron chi connectivity index (χ2n) is 10.6. The van der Waals surface area contributed by atoms with Crippen LogP contribution in [0.25, 0.3) is 0 Å². The largest absolute Gasteiger partial charge is 0.394 e. The molecule has 2 saturated carbocycles. The number of hydrogen-bond acceptors (Lipinski definition) is 5. The Balaban J connectivity index is 1.95. The van der Waals surface area contributed by atoms with Crippen LogP contribution in [0.1, 0.15) is 47.0 Å². The summed E-state index contributed by atoms with van der Waals surface area (Å²) >= 11 is 0. The van der Waals surface area contributed by atoms with Gasteiger partial charge in [-0.3, -0.25) is 14.4 Å². The average Bonchev–Trinajstić information content (AvgIpc) is 3.02. The number of amides is 1. The number of aliphatic hydroxyl groups excluding tert-OH is 2. The fraction of sp³-hybridized carbons (Fsp3) is 0.720. The minimum absolute atomic E-state index is 0.0887. The zero-order chi connectivity index (χ0) is 22.9. The number of nitrogens with zero attached hydrogens (tertiary/aromatic N) is 1. The number of carbonyl (C=O) groups excluding carboxylic acids is 3. The van der Waals surface area contributed by atoms with Gasteiger partial charge in [-0.1, -0.05) is 44.1 Å². The molecule has 31 heavy (non-hydrogen) atoms. The lowest BCUT2D eigenvalue weighted by Gasteiger charge is -2.49. The Labute approximate surface area is 184 Å². The van der Waals surface area contributed by atoms with Crippen molar-refractivity contribution in [3.8, 4) is 0 Å². The van der Waals surface area contributed by atoms with Crippen LogP contribution in [0, 0.1) is 40.4 Å². The van der Waals surface area contributed by atoms with E-state index >= 15 is 0 Å². The van der Waals surface area contributed by atoms with Crippen LogP contribution in [-0.4, -0.2) is 58.4 Å². The second-order valence-corrected chi connectivity index (χ2v) is 10.6. The number of Topliss-reactive ketones (excluding diaryl/α,β-unsaturated/α-hetero) is 2. The van der Waals surface area contributed by atoms with Crippen molar-refractivity contribution in [3.05, 3.63) is 23.8 Å². The van der Waals surface area contributed by atoms with Gasteiger partial charge in [0.1, 0.15) is 6.04 Å². The van der Waals surface area contributed by atoms with Gasteiger partial charge >= 0.3 is 0 Å². The van der Waals surface area contributed by atoms with Crippen LogP contribution < -0.4 is 0 Å². The Morgan fingerprint density at radius 2 is 1.97 bits per heavy atom. The molecule has 6 nitrogen and oxygen atoms in total. The van der Waals surface area contributed by atoms with Crippen molar-refractivity contribution in [1.29, 1.82) is 0 Å². The van der Waals surface area contributed by atoms with E-state index in [2.05, 4.69) is 13.0 Å². The lowest BCUT2D eigenvalue weighted by molar-refractivity contribution is -0.151. The molecule has 1 amide bonds. The summed E-state index contributed by atoms with van der Waals surface area (Å²) in [7, 11) is 1.50. The highest BCUT2D eigenvalue weighted by Crippen LogP contribution is 2.67. The van der Waals surface area contributed by atoms with Crippen molar-refractivity contribution in [2.24, 2.45) is 40.4 Å². The molecular formula is C25H35NO5. The van der Waals surface area contributed by atoms with E-state index < -0.39 is 47.2 Å². The quantitative estimate of drug-likeness (QED) is 0.530. The number of allylic oxidation sites excluding steroid dienone is 3. The summed E-state index contributed by atoms with van der Waals surface area (Å²) in [5, 5.41) is 19.8.